The van der Waals surface area contributed by atoms with Gasteiger partial charge in [0.15, 0.2) is 0 Å². The lowest BCUT2D eigenvalue weighted by atomic mass is 10.2. The van der Waals surface area contributed by atoms with E-state index in [9.17, 15) is 4.79 Å². The first-order valence-corrected chi connectivity index (χ1v) is 6.52. The van der Waals surface area contributed by atoms with Crippen LogP contribution in [0.4, 0.5) is 4.79 Å². The molecule has 4 heteroatoms. The molecular formula is C14H24N2O2. The molecule has 0 aromatic carbocycles. The lowest BCUT2D eigenvalue weighted by Crippen LogP contribution is -2.45. The summed E-state index contributed by atoms with van der Waals surface area (Å²) in [6.07, 6.45) is 7.12. The monoisotopic (exact) mass is 252 g/mol. The molecule has 0 saturated carbocycles. The van der Waals surface area contributed by atoms with Gasteiger partial charge in [-0.05, 0) is 40.5 Å². The largest absolute Gasteiger partial charge is 0.444 e. The molecule has 18 heavy (non-hydrogen) atoms. The second-order valence-electron chi connectivity index (χ2n) is 5.77. The predicted molar refractivity (Wildman–Crippen MR) is 72.3 cm³/mol. The number of amides is 1. The van der Waals surface area contributed by atoms with Crippen LogP contribution in [0.25, 0.3) is 0 Å². The molecule has 1 fully saturated rings. The molecule has 0 aliphatic carbocycles. The zero-order valence-corrected chi connectivity index (χ0v) is 11.8. The summed E-state index contributed by atoms with van der Waals surface area (Å²) in [5.41, 5.74) is -0.441. The van der Waals surface area contributed by atoms with Crippen LogP contribution in [0.1, 0.15) is 40.5 Å². The van der Waals surface area contributed by atoms with Gasteiger partial charge in [-0.25, -0.2) is 4.79 Å². The van der Waals surface area contributed by atoms with Gasteiger partial charge >= 0.3 is 6.09 Å². The number of hydrogen-bond acceptors (Lipinski definition) is 3. The molecule has 1 N–H and O–H groups in total. The molecule has 0 bridgehead atoms. The van der Waals surface area contributed by atoms with Crippen LogP contribution in [0.2, 0.25) is 0 Å². The lowest BCUT2D eigenvalue weighted by molar-refractivity contribution is 0.0226. The maximum atomic E-state index is 12.0. The molecule has 2 unspecified atom stereocenters. The van der Waals surface area contributed by atoms with E-state index in [1.165, 1.54) is 0 Å². The highest BCUT2D eigenvalue weighted by Gasteiger charge is 2.31. The average Bonchev–Trinajstić information content (AvgIpc) is 2.71. The van der Waals surface area contributed by atoms with E-state index >= 15 is 0 Å². The summed E-state index contributed by atoms with van der Waals surface area (Å²) in [4.78, 5) is 13.8. The molecule has 1 amide bonds. The van der Waals surface area contributed by atoms with Crippen LogP contribution in [-0.4, -0.2) is 41.8 Å². The molecule has 1 aliphatic heterocycles. The maximum absolute atomic E-state index is 12.0. The first-order valence-electron chi connectivity index (χ1n) is 6.52. The number of hydrogen-bond donors (Lipinski definition) is 1. The Balaban J connectivity index is 2.49. The van der Waals surface area contributed by atoms with Crippen LogP contribution < -0.4 is 5.32 Å². The van der Waals surface area contributed by atoms with Crippen molar-refractivity contribution in [2.24, 2.45) is 0 Å². The molecule has 0 aromatic rings. The molecular weight excluding hydrogens is 228 g/mol. The molecule has 102 valence electrons. The van der Waals surface area contributed by atoms with Gasteiger partial charge in [0.2, 0.25) is 0 Å². The van der Waals surface area contributed by atoms with E-state index < -0.39 is 5.60 Å². The van der Waals surface area contributed by atoms with Gasteiger partial charge in [0.25, 0.3) is 0 Å². The number of likely N-dealkylation sites (tertiary alicyclic amines) is 1. The fraction of sp³-hybridized carbons (Fsp3) is 0.786. The van der Waals surface area contributed by atoms with Gasteiger partial charge < -0.3 is 15.0 Å². The Morgan fingerprint density at radius 2 is 2.28 bits per heavy atom. The Labute approximate surface area is 110 Å². The Kier molecular flexibility index (Phi) is 5.03. The summed E-state index contributed by atoms with van der Waals surface area (Å²) in [5, 5.41) is 3.24. The van der Waals surface area contributed by atoms with Crippen LogP contribution in [0.3, 0.4) is 0 Å². The van der Waals surface area contributed by atoms with E-state index in [0.29, 0.717) is 0 Å². The summed E-state index contributed by atoms with van der Waals surface area (Å²) in [7, 11) is 0. The third-order valence-electron chi connectivity index (χ3n) is 2.91. The predicted octanol–water partition coefficient (Wildman–Crippen LogP) is 2.00. The van der Waals surface area contributed by atoms with Crippen LogP contribution in [0.5, 0.6) is 0 Å². The van der Waals surface area contributed by atoms with Crippen molar-refractivity contribution in [1.82, 2.24) is 10.2 Å². The highest BCUT2D eigenvalue weighted by atomic mass is 16.6. The van der Waals surface area contributed by atoms with E-state index in [-0.39, 0.29) is 18.2 Å². The smallest absolute Gasteiger partial charge is 0.410 e. The third kappa shape index (κ3) is 4.58. The van der Waals surface area contributed by atoms with E-state index in [1.54, 1.807) is 0 Å². The summed E-state index contributed by atoms with van der Waals surface area (Å²) >= 11 is 0. The topological polar surface area (TPSA) is 41.6 Å². The van der Waals surface area contributed by atoms with Crippen molar-refractivity contribution in [1.29, 1.82) is 0 Å². The van der Waals surface area contributed by atoms with Crippen molar-refractivity contribution in [2.45, 2.75) is 58.2 Å². The highest BCUT2D eigenvalue weighted by molar-refractivity contribution is 5.69. The zero-order valence-electron chi connectivity index (χ0n) is 11.8. The molecule has 1 rings (SSSR count). The van der Waals surface area contributed by atoms with Crippen molar-refractivity contribution in [3.8, 4) is 12.3 Å². The second-order valence-corrected chi connectivity index (χ2v) is 5.77. The minimum Gasteiger partial charge on any atom is -0.444 e. The standard InChI is InChI=1S/C14H24N2O2/c1-6-11(2)15-10-12-8-7-9-16(12)13(17)18-14(3,4)5/h1,11-12,15H,7-10H2,2-5H3. The Hall–Kier alpha value is -1.21. The SMILES string of the molecule is C#CC(C)NCC1CCCN1C(=O)OC(C)(C)C. The zero-order chi connectivity index (χ0) is 13.8. The summed E-state index contributed by atoms with van der Waals surface area (Å²) in [6.45, 7) is 9.08. The van der Waals surface area contributed by atoms with Crippen LogP contribution in [-0.2, 0) is 4.74 Å². The Morgan fingerprint density at radius 1 is 1.61 bits per heavy atom. The van der Waals surface area contributed by atoms with Gasteiger partial charge in [0.1, 0.15) is 5.60 Å². The molecule has 0 aromatic heterocycles. The Morgan fingerprint density at radius 3 is 2.83 bits per heavy atom. The quantitative estimate of drug-likeness (QED) is 0.781. The highest BCUT2D eigenvalue weighted by Crippen LogP contribution is 2.20. The van der Waals surface area contributed by atoms with Crippen LogP contribution >= 0.6 is 0 Å². The van der Waals surface area contributed by atoms with Crippen molar-refractivity contribution in [2.75, 3.05) is 13.1 Å². The molecule has 2 atom stereocenters. The van der Waals surface area contributed by atoms with E-state index in [0.717, 1.165) is 25.9 Å². The molecule has 1 aliphatic rings. The van der Waals surface area contributed by atoms with Crippen molar-refractivity contribution < 1.29 is 9.53 Å². The van der Waals surface area contributed by atoms with Gasteiger partial charge in [-0.2, -0.15) is 0 Å². The summed E-state index contributed by atoms with van der Waals surface area (Å²) in [5.74, 6) is 2.63. The lowest BCUT2D eigenvalue weighted by Gasteiger charge is -2.29. The maximum Gasteiger partial charge on any atom is 0.410 e. The molecule has 0 radical (unpaired) electrons. The number of rotatable bonds is 3. The fourth-order valence-corrected chi connectivity index (χ4v) is 1.98. The number of nitrogens with zero attached hydrogens (tertiary/aromatic N) is 1. The number of ether oxygens (including phenoxy) is 1. The van der Waals surface area contributed by atoms with E-state index in [4.69, 9.17) is 11.2 Å². The van der Waals surface area contributed by atoms with E-state index in [2.05, 4.69) is 11.2 Å². The molecule has 1 heterocycles. The third-order valence-corrected chi connectivity index (χ3v) is 2.91. The number of carbonyl (C=O) groups is 1. The van der Waals surface area contributed by atoms with Crippen molar-refractivity contribution in [3.05, 3.63) is 0 Å². The van der Waals surface area contributed by atoms with Gasteiger partial charge in [0.05, 0.1) is 6.04 Å². The number of carbonyl (C=O) groups excluding carboxylic acids is 1. The second kappa shape index (κ2) is 6.10. The van der Waals surface area contributed by atoms with E-state index in [1.807, 2.05) is 32.6 Å². The van der Waals surface area contributed by atoms with Crippen LogP contribution in [0.15, 0.2) is 0 Å². The first kappa shape index (κ1) is 14.8. The normalized spacial score (nSPS) is 21.5. The van der Waals surface area contributed by atoms with Gasteiger partial charge in [-0.15, -0.1) is 6.42 Å². The minimum absolute atomic E-state index is 0.0334. The Bertz CT molecular complexity index is 328. The van der Waals surface area contributed by atoms with Crippen molar-refractivity contribution >= 4 is 6.09 Å². The van der Waals surface area contributed by atoms with Crippen molar-refractivity contribution in [3.63, 3.8) is 0 Å². The average molecular weight is 252 g/mol. The summed E-state index contributed by atoms with van der Waals surface area (Å²) < 4.78 is 5.40. The van der Waals surface area contributed by atoms with Crippen LogP contribution in [0, 0.1) is 12.3 Å². The first-order chi connectivity index (χ1) is 8.33. The number of terminal acetylenes is 1. The minimum atomic E-state index is -0.441. The van der Waals surface area contributed by atoms with Gasteiger partial charge in [-0.1, -0.05) is 5.92 Å². The fourth-order valence-electron chi connectivity index (χ4n) is 1.98. The molecule has 1 saturated heterocycles. The summed E-state index contributed by atoms with van der Waals surface area (Å²) in [6, 6.07) is 0.224. The number of nitrogens with one attached hydrogen (secondary N) is 1. The van der Waals surface area contributed by atoms with Gasteiger partial charge in [0, 0.05) is 19.1 Å². The van der Waals surface area contributed by atoms with Gasteiger partial charge in [-0.3, -0.25) is 0 Å². The molecule has 0 spiro atoms. The molecule has 4 nitrogen and oxygen atoms in total.